The fraction of sp³-hybridized carbons (Fsp3) is 0.562. The minimum Gasteiger partial charge on any atom is -0.494 e. The van der Waals surface area contributed by atoms with Crippen LogP contribution in [0.15, 0.2) is 24.3 Å². The van der Waals surface area contributed by atoms with E-state index in [1.165, 1.54) is 0 Å². The highest BCUT2D eigenvalue weighted by Crippen LogP contribution is 2.26. The summed E-state index contributed by atoms with van der Waals surface area (Å²) >= 11 is 0. The molecule has 0 heterocycles. The molecule has 1 amide bonds. The molecule has 0 unspecified atom stereocenters. The van der Waals surface area contributed by atoms with E-state index in [1.54, 1.807) is 0 Å². The maximum absolute atomic E-state index is 11.9. The third-order valence-electron chi connectivity index (χ3n) is 3.89. The monoisotopic (exact) mass is 312 g/mol. The molecule has 3 N–H and O–H groups in total. The standard InChI is InChI=1S/C16H24N2O2.ClH/c1-2-20-14-8-6-12(7-9-14)11-18-16(19)10-13-4-3-5-15(13)17;/h6-9,13,15H,2-5,10-11,17H2,1H3,(H,18,19);1H/t13-,15+;/m0./s1. The zero-order chi connectivity index (χ0) is 14.4. The first-order valence-corrected chi connectivity index (χ1v) is 7.43. The van der Waals surface area contributed by atoms with E-state index in [2.05, 4.69) is 5.32 Å². The van der Waals surface area contributed by atoms with Crippen LogP contribution in [0.4, 0.5) is 0 Å². The first-order chi connectivity index (χ1) is 9.69. The van der Waals surface area contributed by atoms with Crippen molar-refractivity contribution in [2.24, 2.45) is 11.7 Å². The molecule has 1 aromatic carbocycles. The van der Waals surface area contributed by atoms with Gasteiger partial charge in [-0.05, 0) is 43.4 Å². The number of nitrogens with two attached hydrogens (primary N) is 1. The number of hydrogen-bond acceptors (Lipinski definition) is 3. The summed E-state index contributed by atoms with van der Waals surface area (Å²) in [7, 11) is 0. The Morgan fingerprint density at radius 3 is 2.62 bits per heavy atom. The summed E-state index contributed by atoms with van der Waals surface area (Å²) in [5.41, 5.74) is 7.07. The molecule has 0 aliphatic heterocycles. The van der Waals surface area contributed by atoms with Crippen LogP contribution in [0, 0.1) is 5.92 Å². The number of halogens is 1. The number of carbonyl (C=O) groups is 1. The van der Waals surface area contributed by atoms with Crippen LogP contribution in [-0.4, -0.2) is 18.6 Å². The van der Waals surface area contributed by atoms with Crippen molar-refractivity contribution in [3.05, 3.63) is 29.8 Å². The van der Waals surface area contributed by atoms with Gasteiger partial charge in [0.25, 0.3) is 0 Å². The third-order valence-corrected chi connectivity index (χ3v) is 3.89. The van der Waals surface area contributed by atoms with Crippen molar-refractivity contribution in [3.8, 4) is 5.75 Å². The number of carbonyl (C=O) groups excluding carboxylic acids is 1. The van der Waals surface area contributed by atoms with Crippen LogP contribution in [-0.2, 0) is 11.3 Å². The van der Waals surface area contributed by atoms with Gasteiger partial charge < -0.3 is 15.8 Å². The molecule has 2 rings (SSSR count). The van der Waals surface area contributed by atoms with Crippen molar-refractivity contribution in [1.82, 2.24) is 5.32 Å². The van der Waals surface area contributed by atoms with E-state index in [0.29, 0.717) is 25.5 Å². The lowest BCUT2D eigenvalue weighted by Gasteiger charge is -2.14. The Kier molecular flexibility index (Phi) is 7.54. The molecule has 21 heavy (non-hydrogen) atoms. The Morgan fingerprint density at radius 2 is 2.05 bits per heavy atom. The van der Waals surface area contributed by atoms with Crippen LogP contribution in [0.25, 0.3) is 0 Å². The Morgan fingerprint density at radius 1 is 1.33 bits per heavy atom. The van der Waals surface area contributed by atoms with Gasteiger partial charge in [0.1, 0.15) is 5.75 Å². The molecule has 0 saturated heterocycles. The van der Waals surface area contributed by atoms with Gasteiger partial charge in [-0.1, -0.05) is 18.6 Å². The van der Waals surface area contributed by atoms with Crippen LogP contribution < -0.4 is 15.8 Å². The normalized spacial score (nSPS) is 20.7. The molecular formula is C16H25ClN2O2. The largest absolute Gasteiger partial charge is 0.494 e. The summed E-state index contributed by atoms with van der Waals surface area (Å²) in [6.45, 7) is 3.19. The average molecular weight is 313 g/mol. The first kappa shape index (κ1) is 17.8. The zero-order valence-corrected chi connectivity index (χ0v) is 13.3. The number of ether oxygens (including phenoxy) is 1. The third kappa shape index (κ3) is 5.56. The van der Waals surface area contributed by atoms with Gasteiger partial charge in [-0.15, -0.1) is 12.4 Å². The van der Waals surface area contributed by atoms with Gasteiger partial charge >= 0.3 is 0 Å². The molecule has 0 aromatic heterocycles. The summed E-state index contributed by atoms with van der Waals surface area (Å²) < 4.78 is 5.39. The Bertz CT molecular complexity index is 436. The van der Waals surface area contributed by atoms with Gasteiger partial charge in [-0.25, -0.2) is 0 Å². The van der Waals surface area contributed by atoms with E-state index in [1.807, 2.05) is 31.2 Å². The molecule has 1 aliphatic carbocycles. The number of rotatable bonds is 6. The molecule has 1 aromatic rings. The highest BCUT2D eigenvalue weighted by Gasteiger charge is 2.25. The lowest BCUT2D eigenvalue weighted by Crippen LogP contribution is -2.31. The van der Waals surface area contributed by atoms with Crippen LogP contribution in [0.2, 0.25) is 0 Å². The Balaban J connectivity index is 0.00000220. The number of amides is 1. The van der Waals surface area contributed by atoms with Crippen molar-refractivity contribution in [3.63, 3.8) is 0 Å². The Hall–Kier alpha value is -1.26. The Labute approximate surface area is 132 Å². The lowest BCUT2D eigenvalue weighted by molar-refractivity contribution is -0.122. The maximum atomic E-state index is 11.9. The molecule has 0 radical (unpaired) electrons. The van der Waals surface area contributed by atoms with E-state index >= 15 is 0 Å². The van der Waals surface area contributed by atoms with E-state index < -0.39 is 0 Å². The number of benzene rings is 1. The quantitative estimate of drug-likeness (QED) is 0.848. The van der Waals surface area contributed by atoms with Crippen LogP contribution in [0.5, 0.6) is 5.75 Å². The molecule has 118 valence electrons. The molecule has 0 spiro atoms. The van der Waals surface area contributed by atoms with Crippen molar-refractivity contribution < 1.29 is 9.53 Å². The second kappa shape index (κ2) is 8.90. The fourth-order valence-corrected chi connectivity index (χ4v) is 2.70. The topological polar surface area (TPSA) is 64.3 Å². The van der Waals surface area contributed by atoms with E-state index in [-0.39, 0.29) is 24.4 Å². The van der Waals surface area contributed by atoms with Crippen LogP contribution in [0.3, 0.4) is 0 Å². The molecule has 2 atom stereocenters. The molecule has 5 heteroatoms. The van der Waals surface area contributed by atoms with E-state index in [9.17, 15) is 4.79 Å². The number of hydrogen-bond donors (Lipinski definition) is 2. The summed E-state index contributed by atoms with van der Waals surface area (Å²) in [4.78, 5) is 11.9. The van der Waals surface area contributed by atoms with Gasteiger partial charge in [0, 0.05) is 19.0 Å². The summed E-state index contributed by atoms with van der Waals surface area (Å²) in [5, 5.41) is 2.96. The molecule has 1 saturated carbocycles. The maximum Gasteiger partial charge on any atom is 0.220 e. The van der Waals surface area contributed by atoms with Crippen molar-refractivity contribution in [2.75, 3.05) is 6.61 Å². The smallest absolute Gasteiger partial charge is 0.220 e. The minimum atomic E-state index is 0. The first-order valence-electron chi connectivity index (χ1n) is 7.43. The van der Waals surface area contributed by atoms with Gasteiger partial charge in [0.05, 0.1) is 6.61 Å². The van der Waals surface area contributed by atoms with Gasteiger partial charge in [-0.2, -0.15) is 0 Å². The molecule has 4 nitrogen and oxygen atoms in total. The zero-order valence-electron chi connectivity index (χ0n) is 12.5. The summed E-state index contributed by atoms with van der Waals surface area (Å²) in [6.07, 6.45) is 3.84. The highest BCUT2D eigenvalue weighted by molar-refractivity contribution is 5.85. The van der Waals surface area contributed by atoms with Crippen molar-refractivity contribution in [1.29, 1.82) is 0 Å². The highest BCUT2D eigenvalue weighted by atomic mass is 35.5. The average Bonchev–Trinajstić information content (AvgIpc) is 2.84. The van der Waals surface area contributed by atoms with E-state index in [4.69, 9.17) is 10.5 Å². The summed E-state index contributed by atoms with van der Waals surface area (Å²) in [5.74, 6) is 1.32. The minimum absolute atomic E-state index is 0. The van der Waals surface area contributed by atoms with Crippen LogP contribution in [0.1, 0.15) is 38.2 Å². The van der Waals surface area contributed by atoms with Crippen LogP contribution >= 0.6 is 12.4 Å². The van der Waals surface area contributed by atoms with E-state index in [0.717, 1.165) is 30.6 Å². The van der Waals surface area contributed by atoms with Crippen molar-refractivity contribution >= 4 is 18.3 Å². The second-order valence-corrected chi connectivity index (χ2v) is 5.41. The molecule has 1 fully saturated rings. The van der Waals surface area contributed by atoms with Crippen molar-refractivity contribution in [2.45, 2.75) is 45.2 Å². The molecule has 0 bridgehead atoms. The molecule has 1 aliphatic rings. The summed E-state index contributed by atoms with van der Waals surface area (Å²) in [6, 6.07) is 8.01. The van der Waals surface area contributed by atoms with Gasteiger partial charge in [0.2, 0.25) is 5.91 Å². The second-order valence-electron chi connectivity index (χ2n) is 5.41. The SMILES string of the molecule is CCOc1ccc(CNC(=O)C[C@@H]2CCC[C@H]2N)cc1.Cl. The number of nitrogens with one attached hydrogen (secondary N) is 1. The lowest BCUT2D eigenvalue weighted by atomic mass is 10.00. The predicted molar refractivity (Wildman–Crippen MR) is 86.6 cm³/mol. The van der Waals surface area contributed by atoms with Gasteiger partial charge in [-0.3, -0.25) is 4.79 Å². The fourth-order valence-electron chi connectivity index (χ4n) is 2.70. The predicted octanol–water partition coefficient (Wildman–Crippen LogP) is 2.64. The van der Waals surface area contributed by atoms with Gasteiger partial charge in [0.15, 0.2) is 0 Å². The molecular weight excluding hydrogens is 288 g/mol.